The van der Waals surface area contributed by atoms with Gasteiger partial charge in [-0.2, -0.15) is 0 Å². The molecule has 0 aliphatic heterocycles. The molecule has 2 heteroatoms. The Morgan fingerprint density at radius 2 is 1.41 bits per heavy atom. The van der Waals surface area contributed by atoms with E-state index in [4.69, 9.17) is 0 Å². The number of aryl methyl sites for hydroxylation is 3. The van der Waals surface area contributed by atoms with Gasteiger partial charge in [0.25, 0.3) is 0 Å². The van der Waals surface area contributed by atoms with E-state index in [9.17, 15) is 9.59 Å². The zero-order chi connectivity index (χ0) is 19.5. The number of rotatable bonds is 1. The van der Waals surface area contributed by atoms with E-state index in [1.54, 1.807) is 0 Å². The molecule has 2 aromatic carbocycles. The number of carbonyl (C=O) groups excluding carboxylic acids is 2. The van der Waals surface area contributed by atoms with Crippen LogP contribution >= 0.6 is 0 Å². The Hall–Kier alpha value is -2.48. The molecule has 2 aliphatic rings. The number of fused-ring (bicyclic) bond motifs is 2. The molecule has 0 fully saturated rings. The number of Topliss-reactive ketones (excluding diaryl/α,β-unsaturated/α-hetero) is 2. The van der Waals surface area contributed by atoms with Crippen molar-refractivity contribution in [3.63, 3.8) is 0 Å². The third-order valence-corrected chi connectivity index (χ3v) is 6.81. The summed E-state index contributed by atoms with van der Waals surface area (Å²) in [5.41, 5.74) is 7.19. The van der Waals surface area contributed by atoms with Crippen molar-refractivity contribution < 1.29 is 9.59 Å². The minimum absolute atomic E-state index is 0.112. The number of hydrogen-bond acceptors (Lipinski definition) is 2. The van der Waals surface area contributed by atoms with Crippen LogP contribution in [0.3, 0.4) is 0 Å². The molecule has 2 aliphatic carbocycles. The van der Waals surface area contributed by atoms with Crippen LogP contribution in [0.1, 0.15) is 69.7 Å². The van der Waals surface area contributed by atoms with Crippen molar-refractivity contribution in [3.05, 3.63) is 80.9 Å². The van der Waals surface area contributed by atoms with Crippen molar-refractivity contribution in [2.24, 2.45) is 5.92 Å². The van der Waals surface area contributed by atoms with Gasteiger partial charge < -0.3 is 0 Å². The minimum atomic E-state index is -0.775. The van der Waals surface area contributed by atoms with Crippen LogP contribution in [-0.4, -0.2) is 11.6 Å². The first-order valence-electron chi connectivity index (χ1n) is 9.68. The molecule has 27 heavy (non-hydrogen) atoms. The van der Waals surface area contributed by atoms with E-state index < -0.39 is 5.41 Å². The average molecular weight is 358 g/mol. The van der Waals surface area contributed by atoms with Crippen LogP contribution in [0.15, 0.2) is 47.5 Å². The Bertz CT molecular complexity index is 1010. The van der Waals surface area contributed by atoms with Gasteiger partial charge in [-0.3, -0.25) is 9.59 Å². The summed E-state index contributed by atoms with van der Waals surface area (Å²) >= 11 is 0. The Balaban J connectivity index is 2.02. The first-order chi connectivity index (χ1) is 12.8. The van der Waals surface area contributed by atoms with E-state index in [1.165, 1.54) is 11.1 Å². The quantitative estimate of drug-likeness (QED) is 0.615. The van der Waals surface area contributed by atoms with Crippen LogP contribution in [0, 0.1) is 26.7 Å². The zero-order valence-corrected chi connectivity index (χ0v) is 16.8. The number of allylic oxidation sites excluding steroid dienone is 2. The summed E-state index contributed by atoms with van der Waals surface area (Å²) in [4.78, 5) is 27.5. The lowest BCUT2D eigenvalue weighted by atomic mass is 9.53. The molecule has 0 saturated heterocycles. The van der Waals surface area contributed by atoms with E-state index in [1.807, 2.05) is 45.0 Å². The SMILES string of the molecule is CC1=C(C)CC2(c3ccc(C)cc3)C(=O)c3cc(C)c(C)cc3C(=O)C2C1. The molecule has 138 valence electrons. The monoisotopic (exact) mass is 358 g/mol. The summed E-state index contributed by atoms with van der Waals surface area (Å²) in [5, 5.41) is 0. The van der Waals surface area contributed by atoms with E-state index in [-0.39, 0.29) is 17.5 Å². The van der Waals surface area contributed by atoms with Crippen molar-refractivity contribution in [2.45, 2.75) is 52.9 Å². The lowest BCUT2D eigenvalue weighted by Crippen LogP contribution is -2.52. The van der Waals surface area contributed by atoms with E-state index in [2.05, 4.69) is 26.0 Å². The highest BCUT2D eigenvalue weighted by Gasteiger charge is 2.56. The van der Waals surface area contributed by atoms with Gasteiger partial charge in [-0.1, -0.05) is 41.0 Å². The van der Waals surface area contributed by atoms with Crippen molar-refractivity contribution in [1.29, 1.82) is 0 Å². The summed E-state index contributed by atoms with van der Waals surface area (Å²) in [6.07, 6.45) is 1.29. The standard InChI is InChI=1S/C25H26O2/c1-14-6-8-19(9-7-14)25-13-18(5)17(4)12-22(25)23(26)20-10-15(2)16(3)11-21(20)24(25)27/h6-11,22H,12-13H2,1-5H3. The largest absolute Gasteiger partial charge is 0.294 e. The molecule has 2 aromatic rings. The van der Waals surface area contributed by atoms with E-state index in [0.717, 1.165) is 22.3 Å². The van der Waals surface area contributed by atoms with Crippen LogP contribution < -0.4 is 0 Å². The van der Waals surface area contributed by atoms with Gasteiger partial charge in [0.05, 0.1) is 5.41 Å². The maximum absolute atomic E-state index is 13.9. The summed E-state index contributed by atoms with van der Waals surface area (Å²) in [6, 6.07) is 12.0. The molecule has 0 N–H and O–H groups in total. The molecule has 0 saturated carbocycles. The van der Waals surface area contributed by atoms with Gasteiger partial charge >= 0.3 is 0 Å². The summed E-state index contributed by atoms with van der Waals surface area (Å²) < 4.78 is 0. The molecule has 0 amide bonds. The average Bonchev–Trinajstić information content (AvgIpc) is 2.64. The third kappa shape index (κ3) is 2.46. The molecule has 2 unspecified atom stereocenters. The van der Waals surface area contributed by atoms with Crippen molar-refractivity contribution >= 4 is 11.6 Å². The lowest BCUT2D eigenvalue weighted by molar-refractivity contribution is 0.0661. The third-order valence-electron chi connectivity index (χ3n) is 6.81. The second-order valence-electron chi connectivity index (χ2n) is 8.51. The predicted molar refractivity (Wildman–Crippen MR) is 109 cm³/mol. The van der Waals surface area contributed by atoms with Crippen LogP contribution in [-0.2, 0) is 5.41 Å². The van der Waals surface area contributed by atoms with Gasteiger partial charge in [-0.05, 0) is 76.3 Å². The fourth-order valence-corrected chi connectivity index (χ4v) is 4.82. The Labute approximate surface area is 161 Å². The van der Waals surface area contributed by atoms with Gasteiger partial charge in [-0.25, -0.2) is 0 Å². The van der Waals surface area contributed by atoms with Gasteiger partial charge in [-0.15, -0.1) is 0 Å². The smallest absolute Gasteiger partial charge is 0.175 e. The van der Waals surface area contributed by atoms with Crippen LogP contribution in [0.4, 0.5) is 0 Å². The molecular weight excluding hydrogens is 332 g/mol. The molecule has 0 radical (unpaired) electrons. The van der Waals surface area contributed by atoms with Crippen molar-refractivity contribution in [3.8, 4) is 0 Å². The molecule has 4 rings (SSSR count). The summed E-state index contributed by atoms with van der Waals surface area (Å²) in [6.45, 7) is 10.3. The minimum Gasteiger partial charge on any atom is -0.294 e. The second kappa shape index (κ2) is 6.02. The van der Waals surface area contributed by atoms with Gasteiger partial charge in [0.1, 0.15) is 0 Å². The number of hydrogen-bond donors (Lipinski definition) is 0. The number of ketones is 2. The van der Waals surface area contributed by atoms with Crippen LogP contribution in [0.25, 0.3) is 0 Å². The first kappa shape index (κ1) is 17.9. The molecule has 0 spiro atoms. The zero-order valence-electron chi connectivity index (χ0n) is 16.8. The van der Waals surface area contributed by atoms with Crippen LogP contribution in [0.5, 0.6) is 0 Å². The maximum Gasteiger partial charge on any atom is 0.175 e. The topological polar surface area (TPSA) is 34.1 Å². The summed E-state index contributed by atoms with van der Waals surface area (Å²) in [5.74, 6) is -0.0768. The van der Waals surface area contributed by atoms with Gasteiger partial charge in [0.15, 0.2) is 11.6 Å². The van der Waals surface area contributed by atoms with Crippen molar-refractivity contribution in [1.82, 2.24) is 0 Å². The normalized spacial score (nSPS) is 24.7. The second-order valence-corrected chi connectivity index (χ2v) is 8.51. The van der Waals surface area contributed by atoms with Crippen molar-refractivity contribution in [2.75, 3.05) is 0 Å². The lowest BCUT2D eigenvalue weighted by Gasteiger charge is -2.46. The Morgan fingerprint density at radius 1 is 0.815 bits per heavy atom. The predicted octanol–water partition coefficient (Wildman–Crippen LogP) is 5.68. The molecule has 0 heterocycles. The van der Waals surface area contributed by atoms with Gasteiger partial charge in [0, 0.05) is 17.0 Å². The Morgan fingerprint density at radius 3 is 2.04 bits per heavy atom. The molecule has 2 atom stereocenters. The molecular formula is C25H26O2. The number of benzene rings is 2. The number of carbonyl (C=O) groups is 2. The molecule has 0 bridgehead atoms. The first-order valence-corrected chi connectivity index (χ1v) is 9.68. The highest BCUT2D eigenvalue weighted by molar-refractivity contribution is 6.20. The fourth-order valence-electron chi connectivity index (χ4n) is 4.82. The fraction of sp³-hybridized carbons (Fsp3) is 0.360. The molecule has 0 aromatic heterocycles. The van der Waals surface area contributed by atoms with Crippen LogP contribution in [0.2, 0.25) is 0 Å². The summed E-state index contributed by atoms with van der Waals surface area (Å²) in [7, 11) is 0. The molecule has 2 nitrogen and oxygen atoms in total. The highest BCUT2D eigenvalue weighted by Crippen LogP contribution is 2.52. The Kier molecular flexibility index (Phi) is 3.99. The maximum atomic E-state index is 13.9. The van der Waals surface area contributed by atoms with Gasteiger partial charge in [0.2, 0.25) is 0 Å². The van der Waals surface area contributed by atoms with E-state index in [0.29, 0.717) is 24.0 Å². The van der Waals surface area contributed by atoms with E-state index >= 15 is 0 Å². The highest BCUT2D eigenvalue weighted by atomic mass is 16.1.